The van der Waals surface area contributed by atoms with Crippen LogP contribution in [0.15, 0.2) is 28.7 Å². The molecule has 0 bridgehead atoms. The maximum Gasteiger partial charge on any atom is 0.255 e. The van der Waals surface area contributed by atoms with Crippen LogP contribution in [0.3, 0.4) is 0 Å². The quantitative estimate of drug-likeness (QED) is 0.179. The monoisotopic (exact) mass is 572 g/mol. The summed E-state index contributed by atoms with van der Waals surface area (Å²) in [4.78, 5) is 53.0. The fourth-order valence-electron chi connectivity index (χ4n) is 6.65. The summed E-state index contributed by atoms with van der Waals surface area (Å²) in [5, 5.41) is 50.1. The van der Waals surface area contributed by atoms with Crippen molar-refractivity contribution in [2.45, 2.75) is 43.7 Å². The molecule has 0 spiro atoms. The Balaban J connectivity index is 1.52. The van der Waals surface area contributed by atoms with E-state index in [-0.39, 0.29) is 30.6 Å². The second-order valence-electron chi connectivity index (χ2n) is 11.5. The number of rotatable bonds is 7. The molecule has 0 heterocycles. The third-order valence-corrected chi connectivity index (χ3v) is 8.89. The number of aliphatic hydroxyl groups is 3. The summed E-state index contributed by atoms with van der Waals surface area (Å²) in [6.45, 7) is 0.551. The first-order chi connectivity index (χ1) is 19.3. The summed E-state index contributed by atoms with van der Waals surface area (Å²) >= 11 is 0. The van der Waals surface area contributed by atoms with E-state index in [1.807, 2.05) is 0 Å². The van der Waals surface area contributed by atoms with Crippen molar-refractivity contribution in [1.82, 2.24) is 10.2 Å². The van der Waals surface area contributed by atoms with Crippen LogP contribution < -0.4 is 16.4 Å². The maximum atomic E-state index is 15.4. The van der Waals surface area contributed by atoms with Gasteiger partial charge in [0.1, 0.15) is 22.9 Å². The maximum absolute atomic E-state index is 15.4. The van der Waals surface area contributed by atoms with Crippen LogP contribution in [0.1, 0.15) is 41.6 Å². The van der Waals surface area contributed by atoms with Crippen molar-refractivity contribution in [1.29, 1.82) is 0 Å². The molecule has 1 fully saturated rings. The Morgan fingerprint density at radius 3 is 2.46 bits per heavy atom. The number of allylic oxidation sites excluding steroid dienone is 1. The topological polar surface area (TPSA) is 203 Å². The standard InChI is InChI=1S/C28H33FN4O8/c1-33(2)21-14-7-12-6-13-15(29)8-16(32-17(34)10-31-9-11-4-3-5-11)22(35)19(13)23(36)18(12)25(38)28(14,41)26(39)20(24(21)37)27(30)40/h8,11-12,14,21,31,35,37-38,41H,3-7,9-10H2,1-2H3,(H2,30,40)(H,32,34)/t12-,14-,21-,28-/m0/s1. The predicted octanol–water partition coefficient (Wildman–Crippen LogP) is 0.588. The van der Waals surface area contributed by atoms with Crippen LogP contribution >= 0.6 is 0 Å². The van der Waals surface area contributed by atoms with Gasteiger partial charge in [0.2, 0.25) is 11.7 Å². The Hall–Kier alpha value is -3.81. The average Bonchev–Trinajstić information content (AvgIpc) is 2.85. The van der Waals surface area contributed by atoms with Crippen molar-refractivity contribution in [3.8, 4) is 5.75 Å². The number of likely N-dealkylation sites (N-methyl/N-ethyl adjacent to an activating group) is 1. The number of carbonyl (C=O) groups excluding carboxylic acids is 4. The molecule has 8 N–H and O–H groups in total. The average molecular weight is 573 g/mol. The first-order valence-corrected chi connectivity index (χ1v) is 13.5. The number of primary amides is 1. The van der Waals surface area contributed by atoms with Gasteiger partial charge in [-0.05, 0) is 58.2 Å². The van der Waals surface area contributed by atoms with Crippen molar-refractivity contribution in [2.24, 2.45) is 23.5 Å². The SMILES string of the molecule is CN(C)[C@@H]1C(O)=C(C(N)=O)C(=O)[C@@]2(O)C(O)=C3C(=O)c4c(O)c(NC(=O)CNCC5CCC5)cc(F)c4C[C@H]3C[C@@H]12. The summed E-state index contributed by atoms with van der Waals surface area (Å²) in [6, 6.07) is -0.228. The predicted molar refractivity (Wildman–Crippen MR) is 142 cm³/mol. The first-order valence-electron chi connectivity index (χ1n) is 13.5. The first kappa shape index (κ1) is 28.7. The fraction of sp³-hybridized carbons (Fsp3) is 0.500. The molecule has 220 valence electrons. The number of nitrogens with two attached hydrogens (primary N) is 1. The number of nitrogens with zero attached hydrogens (tertiary/aromatic N) is 1. The number of phenols is 1. The lowest BCUT2D eigenvalue weighted by molar-refractivity contribution is -0.148. The molecular weight excluding hydrogens is 539 g/mol. The molecule has 13 heteroatoms. The number of phenolic OH excluding ortho intramolecular Hbond substituents is 1. The number of ketones is 2. The lowest BCUT2D eigenvalue weighted by Gasteiger charge is -2.50. The minimum Gasteiger partial charge on any atom is -0.510 e. The molecule has 1 aromatic carbocycles. The van der Waals surface area contributed by atoms with E-state index in [1.54, 1.807) is 0 Å². The number of benzene rings is 1. The zero-order chi connectivity index (χ0) is 30.0. The van der Waals surface area contributed by atoms with Crippen LogP contribution in [-0.4, -0.2) is 87.5 Å². The lowest BCUT2D eigenvalue weighted by atomic mass is 9.58. The minimum absolute atomic E-state index is 0.0945. The largest absolute Gasteiger partial charge is 0.510 e. The highest BCUT2D eigenvalue weighted by molar-refractivity contribution is 6.25. The van der Waals surface area contributed by atoms with Gasteiger partial charge in [0, 0.05) is 23.1 Å². The summed E-state index contributed by atoms with van der Waals surface area (Å²) in [5.41, 5.74) is 0.193. The number of fused-ring (bicyclic) bond motifs is 3. The molecule has 0 radical (unpaired) electrons. The van der Waals surface area contributed by atoms with Gasteiger partial charge < -0.3 is 36.8 Å². The number of carbonyl (C=O) groups is 4. The molecule has 2 amide bonds. The smallest absolute Gasteiger partial charge is 0.255 e. The van der Waals surface area contributed by atoms with E-state index in [2.05, 4.69) is 10.6 Å². The third kappa shape index (κ3) is 4.39. The molecule has 0 saturated heterocycles. The number of anilines is 1. The van der Waals surface area contributed by atoms with E-state index >= 15 is 4.39 Å². The summed E-state index contributed by atoms with van der Waals surface area (Å²) in [6.07, 6.45) is 2.96. The van der Waals surface area contributed by atoms with Crippen molar-refractivity contribution in [3.05, 3.63) is 45.7 Å². The zero-order valence-corrected chi connectivity index (χ0v) is 22.7. The molecule has 4 aliphatic rings. The number of hydrogen-bond acceptors (Lipinski definition) is 10. The molecular formula is C28H33FN4O8. The van der Waals surface area contributed by atoms with Crippen LogP contribution in [0.25, 0.3) is 0 Å². The van der Waals surface area contributed by atoms with E-state index in [0.717, 1.165) is 25.3 Å². The number of aliphatic hydroxyl groups excluding tert-OH is 2. The summed E-state index contributed by atoms with van der Waals surface area (Å²) in [5.74, 6) is -9.23. The van der Waals surface area contributed by atoms with Crippen LogP contribution in [0.4, 0.5) is 10.1 Å². The number of amides is 2. The van der Waals surface area contributed by atoms with Gasteiger partial charge in [-0.25, -0.2) is 4.39 Å². The van der Waals surface area contributed by atoms with Gasteiger partial charge in [0.15, 0.2) is 17.1 Å². The Labute approximate surface area is 234 Å². The van der Waals surface area contributed by atoms with Gasteiger partial charge in [-0.1, -0.05) is 6.42 Å². The Morgan fingerprint density at radius 2 is 1.88 bits per heavy atom. The Kier molecular flexibility index (Phi) is 7.16. The second kappa shape index (κ2) is 10.2. The highest BCUT2D eigenvalue weighted by Gasteiger charge is 2.63. The van der Waals surface area contributed by atoms with Gasteiger partial charge in [0.25, 0.3) is 5.91 Å². The van der Waals surface area contributed by atoms with Crippen molar-refractivity contribution in [3.63, 3.8) is 0 Å². The molecule has 41 heavy (non-hydrogen) atoms. The van der Waals surface area contributed by atoms with Gasteiger partial charge >= 0.3 is 0 Å². The number of aromatic hydroxyl groups is 1. The second-order valence-corrected chi connectivity index (χ2v) is 11.5. The fourth-order valence-corrected chi connectivity index (χ4v) is 6.65. The van der Waals surface area contributed by atoms with Gasteiger partial charge in [0.05, 0.1) is 23.8 Å². The molecule has 5 rings (SSSR count). The molecule has 0 unspecified atom stereocenters. The molecule has 12 nitrogen and oxygen atoms in total. The number of Topliss-reactive ketones (excluding diaryl/α,β-unsaturated/α-hetero) is 2. The van der Waals surface area contributed by atoms with Crippen molar-refractivity contribution in [2.75, 3.05) is 32.5 Å². The van der Waals surface area contributed by atoms with Crippen LogP contribution in [0.2, 0.25) is 0 Å². The number of hydrogen-bond donors (Lipinski definition) is 7. The van der Waals surface area contributed by atoms with E-state index in [4.69, 9.17) is 5.73 Å². The normalized spacial score (nSPS) is 27.8. The van der Waals surface area contributed by atoms with Crippen molar-refractivity contribution >= 4 is 29.1 Å². The molecule has 1 aromatic rings. The Bertz CT molecular complexity index is 1430. The van der Waals surface area contributed by atoms with E-state index < -0.39 is 86.7 Å². The van der Waals surface area contributed by atoms with Gasteiger partial charge in [-0.3, -0.25) is 24.1 Å². The minimum atomic E-state index is -2.80. The molecule has 0 aliphatic heterocycles. The molecule has 0 aromatic heterocycles. The van der Waals surface area contributed by atoms with E-state index in [1.165, 1.54) is 19.0 Å². The highest BCUT2D eigenvalue weighted by atomic mass is 19.1. The summed E-state index contributed by atoms with van der Waals surface area (Å²) in [7, 11) is 3.04. The summed E-state index contributed by atoms with van der Waals surface area (Å²) < 4.78 is 15.4. The van der Waals surface area contributed by atoms with Crippen LogP contribution in [0.5, 0.6) is 5.75 Å². The third-order valence-electron chi connectivity index (χ3n) is 8.89. The Morgan fingerprint density at radius 1 is 1.20 bits per heavy atom. The van der Waals surface area contributed by atoms with Gasteiger partial charge in [-0.2, -0.15) is 0 Å². The number of halogens is 1. The molecule has 4 aliphatic carbocycles. The van der Waals surface area contributed by atoms with E-state index in [0.29, 0.717) is 12.5 Å². The lowest BCUT2D eigenvalue weighted by Crippen LogP contribution is -2.63. The molecule has 4 atom stereocenters. The van der Waals surface area contributed by atoms with E-state index in [9.17, 15) is 39.6 Å². The van der Waals surface area contributed by atoms with Crippen molar-refractivity contribution < 1.29 is 44.0 Å². The zero-order valence-electron chi connectivity index (χ0n) is 22.7. The van der Waals surface area contributed by atoms with Gasteiger partial charge in [-0.15, -0.1) is 0 Å². The van der Waals surface area contributed by atoms with Crippen LogP contribution in [0, 0.1) is 23.6 Å². The van der Waals surface area contributed by atoms with Crippen LogP contribution in [-0.2, 0) is 20.8 Å². The number of nitrogens with one attached hydrogen (secondary N) is 2. The highest BCUT2D eigenvalue weighted by Crippen LogP contribution is 2.53. The molecule has 1 saturated carbocycles.